The summed E-state index contributed by atoms with van der Waals surface area (Å²) in [4.78, 5) is 18.0. The fraction of sp³-hybridized carbons (Fsp3) is 0.263. The first-order valence-corrected chi connectivity index (χ1v) is 7.70. The zero-order valence-corrected chi connectivity index (χ0v) is 13.6. The number of ether oxygens (including phenoxy) is 1. The molecule has 4 nitrogen and oxygen atoms in total. The second-order valence-corrected chi connectivity index (χ2v) is 5.29. The predicted octanol–water partition coefficient (Wildman–Crippen LogP) is 3.29. The van der Waals surface area contributed by atoms with Crippen LogP contribution < -0.4 is 0 Å². The summed E-state index contributed by atoms with van der Waals surface area (Å²) >= 11 is 0. The second-order valence-electron chi connectivity index (χ2n) is 5.29. The van der Waals surface area contributed by atoms with Crippen LogP contribution in [0.3, 0.4) is 0 Å². The summed E-state index contributed by atoms with van der Waals surface area (Å²) in [7, 11) is 2.07. The summed E-state index contributed by atoms with van der Waals surface area (Å²) in [6, 6.07) is 14.3. The molecule has 0 spiro atoms. The van der Waals surface area contributed by atoms with E-state index in [4.69, 9.17) is 4.74 Å². The van der Waals surface area contributed by atoms with Gasteiger partial charge in [0.2, 0.25) is 0 Å². The molecular weight excluding hydrogens is 288 g/mol. The number of rotatable bonds is 7. The number of hydrogen-bond donors (Lipinski definition) is 0. The van der Waals surface area contributed by atoms with Crippen molar-refractivity contribution in [3.63, 3.8) is 0 Å². The van der Waals surface area contributed by atoms with Crippen LogP contribution in [0, 0.1) is 0 Å². The highest BCUT2D eigenvalue weighted by Crippen LogP contribution is 2.12. The summed E-state index contributed by atoms with van der Waals surface area (Å²) in [6.07, 6.45) is 4.86. The summed E-state index contributed by atoms with van der Waals surface area (Å²) < 4.78 is 4.90. The van der Waals surface area contributed by atoms with E-state index < -0.39 is 0 Å². The normalized spacial score (nSPS) is 11.1. The van der Waals surface area contributed by atoms with Gasteiger partial charge in [-0.1, -0.05) is 36.4 Å². The van der Waals surface area contributed by atoms with Crippen LogP contribution in [0.25, 0.3) is 6.08 Å². The first-order valence-electron chi connectivity index (χ1n) is 7.70. The molecule has 120 valence electrons. The summed E-state index contributed by atoms with van der Waals surface area (Å²) in [5.41, 5.74) is 3.13. The minimum atomic E-state index is -0.346. The quantitative estimate of drug-likeness (QED) is 0.581. The lowest BCUT2D eigenvalue weighted by atomic mass is 10.1. The van der Waals surface area contributed by atoms with Crippen LogP contribution in [0.4, 0.5) is 0 Å². The van der Waals surface area contributed by atoms with Crippen LogP contribution in [-0.2, 0) is 22.6 Å². The van der Waals surface area contributed by atoms with E-state index in [9.17, 15) is 4.79 Å². The Hall–Kier alpha value is -2.46. The largest absolute Gasteiger partial charge is 0.463 e. The van der Waals surface area contributed by atoms with E-state index in [1.165, 1.54) is 11.6 Å². The molecule has 0 aliphatic carbocycles. The molecule has 0 aliphatic rings. The van der Waals surface area contributed by atoms with Gasteiger partial charge >= 0.3 is 5.97 Å². The Labute approximate surface area is 137 Å². The maximum Gasteiger partial charge on any atom is 0.330 e. The topological polar surface area (TPSA) is 42.4 Å². The number of nitrogens with zero attached hydrogens (tertiary/aromatic N) is 2. The molecule has 0 saturated carbocycles. The molecule has 0 saturated heterocycles. The Kier molecular flexibility index (Phi) is 6.51. The summed E-state index contributed by atoms with van der Waals surface area (Å²) in [5, 5.41) is 0. The van der Waals surface area contributed by atoms with Crippen molar-refractivity contribution in [3.8, 4) is 0 Å². The van der Waals surface area contributed by atoms with Crippen molar-refractivity contribution in [2.75, 3.05) is 13.7 Å². The third-order valence-electron chi connectivity index (χ3n) is 3.33. The molecule has 0 N–H and O–H groups in total. The van der Waals surface area contributed by atoms with Crippen molar-refractivity contribution in [1.29, 1.82) is 0 Å². The number of carbonyl (C=O) groups excluding carboxylic acids is 1. The van der Waals surface area contributed by atoms with Crippen molar-refractivity contribution in [1.82, 2.24) is 9.88 Å². The predicted molar refractivity (Wildman–Crippen MR) is 91.5 cm³/mol. The van der Waals surface area contributed by atoms with Gasteiger partial charge in [-0.2, -0.15) is 0 Å². The van der Waals surface area contributed by atoms with E-state index in [2.05, 4.69) is 29.1 Å². The molecule has 1 aromatic heterocycles. The van der Waals surface area contributed by atoms with E-state index in [-0.39, 0.29) is 5.97 Å². The third kappa shape index (κ3) is 5.68. The van der Waals surface area contributed by atoms with Gasteiger partial charge in [0.15, 0.2) is 0 Å². The van der Waals surface area contributed by atoms with Crippen molar-refractivity contribution in [3.05, 3.63) is 71.6 Å². The van der Waals surface area contributed by atoms with Crippen LogP contribution in [0.5, 0.6) is 0 Å². The fourth-order valence-corrected chi connectivity index (χ4v) is 2.31. The zero-order chi connectivity index (χ0) is 16.5. The molecule has 0 radical (unpaired) electrons. The maximum atomic E-state index is 11.4. The van der Waals surface area contributed by atoms with Gasteiger partial charge in [0.25, 0.3) is 0 Å². The minimum absolute atomic E-state index is 0.346. The third-order valence-corrected chi connectivity index (χ3v) is 3.33. The summed E-state index contributed by atoms with van der Waals surface area (Å²) in [5.74, 6) is -0.346. The Balaban J connectivity index is 2.03. The molecule has 0 amide bonds. The lowest BCUT2D eigenvalue weighted by Crippen LogP contribution is -2.18. The molecule has 2 aromatic rings. The second kappa shape index (κ2) is 8.86. The number of esters is 1. The molecule has 4 heteroatoms. The van der Waals surface area contributed by atoms with E-state index in [1.807, 2.05) is 30.3 Å². The molecule has 0 unspecified atom stereocenters. The number of aromatic nitrogens is 1. The van der Waals surface area contributed by atoms with Gasteiger partial charge in [0.05, 0.1) is 12.3 Å². The lowest BCUT2D eigenvalue weighted by Gasteiger charge is -2.17. The van der Waals surface area contributed by atoms with Crippen LogP contribution in [0.1, 0.15) is 23.7 Å². The smallest absolute Gasteiger partial charge is 0.330 e. The first kappa shape index (κ1) is 16.9. The average Bonchev–Trinajstić information content (AvgIpc) is 2.55. The van der Waals surface area contributed by atoms with E-state index in [0.717, 1.165) is 24.3 Å². The number of hydrogen-bond acceptors (Lipinski definition) is 4. The van der Waals surface area contributed by atoms with Crippen LogP contribution >= 0.6 is 0 Å². The van der Waals surface area contributed by atoms with Gasteiger partial charge in [0, 0.05) is 25.4 Å². The van der Waals surface area contributed by atoms with Gasteiger partial charge < -0.3 is 4.74 Å². The molecule has 0 fully saturated rings. The highest BCUT2D eigenvalue weighted by Gasteiger charge is 2.06. The molecule has 1 aromatic carbocycles. The first-order chi connectivity index (χ1) is 11.2. The number of benzene rings is 1. The highest BCUT2D eigenvalue weighted by molar-refractivity contribution is 5.86. The standard InChI is InChI=1S/C19H22N2O2/c1-3-23-19(22)12-11-18-17(10-7-13-20-18)15-21(2)14-16-8-5-4-6-9-16/h4-13H,3,14-15H2,1-2H3. The monoisotopic (exact) mass is 310 g/mol. The SMILES string of the molecule is CCOC(=O)C=Cc1ncccc1CN(C)Cc1ccccc1. The fourth-order valence-electron chi connectivity index (χ4n) is 2.31. The van der Waals surface area contributed by atoms with Crippen molar-refractivity contribution < 1.29 is 9.53 Å². The van der Waals surface area contributed by atoms with Crippen LogP contribution in [0.2, 0.25) is 0 Å². The van der Waals surface area contributed by atoms with Crippen LogP contribution in [-0.4, -0.2) is 29.5 Å². The van der Waals surface area contributed by atoms with Gasteiger partial charge in [-0.25, -0.2) is 4.79 Å². The van der Waals surface area contributed by atoms with Crippen molar-refractivity contribution in [2.24, 2.45) is 0 Å². The molecule has 23 heavy (non-hydrogen) atoms. The Bertz CT molecular complexity index is 653. The highest BCUT2D eigenvalue weighted by atomic mass is 16.5. The number of carbonyl (C=O) groups is 1. The van der Waals surface area contributed by atoms with Gasteiger partial charge in [-0.05, 0) is 37.2 Å². The van der Waals surface area contributed by atoms with E-state index >= 15 is 0 Å². The number of pyridine rings is 1. The zero-order valence-electron chi connectivity index (χ0n) is 13.6. The molecule has 0 aliphatic heterocycles. The lowest BCUT2D eigenvalue weighted by molar-refractivity contribution is -0.137. The molecule has 1 heterocycles. The van der Waals surface area contributed by atoms with Gasteiger partial charge in [-0.3, -0.25) is 9.88 Å². The van der Waals surface area contributed by atoms with Gasteiger partial charge in [0.1, 0.15) is 0 Å². The van der Waals surface area contributed by atoms with Gasteiger partial charge in [-0.15, -0.1) is 0 Å². The van der Waals surface area contributed by atoms with Crippen LogP contribution in [0.15, 0.2) is 54.7 Å². The van der Waals surface area contributed by atoms with E-state index in [0.29, 0.717) is 6.61 Å². The minimum Gasteiger partial charge on any atom is -0.463 e. The summed E-state index contributed by atoms with van der Waals surface area (Å²) in [6.45, 7) is 3.77. The van der Waals surface area contributed by atoms with Crippen molar-refractivity contribution >= 4 is 12.0 Å². The van der Waals surface area contributed by atoms with E-state index in [1.54, 1.807) is 19.2 Å². The molecular formula is C19H22N2O2. The Morgan fingerprint density at radius 3 is 2.70 bits per heavy atom. The Morgan fingerprint density at radius 1 is 1.17 bits per heavy atom. The molecule has 2 rings (SSSR count). The van der Waals surface area contributed by atoms with Crippen molar-refractivity contribution in [2.45, 2.75) is 20.0 Å². The molecule has 0 atom stereocenters. The molecule has 0 bridgehead atoms. The Morgan fingerprint density at radius 2 is 1.96 bits per heavy atom. The average molecular weight is 310 g/mol. The maximum absolute atomic E-state index is 11.4.